The van der Waals surface area contributed by atoms with E-state index in [0.717, 1.165) is 37.2 Å². The number of hydrogen-bond donors (Lipinski definition) is 1. The number of piperidine rings is 1. The zero-order chi connectivity index (χ0) is 21.0. The van der Waals surface area contributed by atoms with Gasteiger partial charge >= 0.3 is 0 Å². The predicted molar refractivity (Wildman–Crippen MR) is 125 cm³/mol. The van der Waals surface area contributed by atoms with Crippen molar-refractivity contribution in [1.29, 1.82) is 0 Å². The van der Waals surface area contributed by atoms with Crippen LogP contribution >= 0.6 is 11.6 Å². The number of nitrogens with zero attached hydrogens (tertiary/aromatic N) is 2. The van der Waals surface area contributed by atoms with Crippen LogP contribution < -0.4 is 10.2 Å². The highest BCUT2D eigenvalue weighted by Gasteiger charge is 2.37. The first-order valence-corrected chi connectivity index (χ1v) is 11.2. The van der Waals surface area contributed by atoms with Crippen LogP contribution in [-0.2, 0) is 13.2 Å². The minimum Gasteiger partial charge on any atom is -0.487 e. The first kappa shape index (κ1) is 20.1. The fourth-order valence-corrected chi connectivity index (χ4v) is 4.71. The van der Waals surface area contributed by atoms with Crippen molar-refractivity contribution in [2.24, 2.45) is 11.0 Å². The smallest absolute Gasteiger partial charge is 0.138 e. The van der Waals surface area contributed by atoms with E-state index in [0.29, 0.717) is 23.3 Å². The van der Waals surface area contributed by atoms with E-state index in [1.54, 1.807) is 0 Å². The highest BCUT2D eigenvalue weighted by atomic mass is 35.5. The van der Waals surface area contributed by atoms with Gasteiger partial charge in [-0.1, -0.05) is 78.3 Å². The Hall–Kier alpha value is -2.82. The second kappa shape index (κ2) is 9.13. The van der Waals surface area contributed by atoms with E-state index in [-0.39, 0.29) is 6.04 Å². The van der Waals surface area contributed by atoms with Crippen LogP contribution in [0.25, 0.3) is 0 Å². The molecule has 0 bridgehead atoms. The van der Waals surface area contributed by atoms with E-state index in [9.17, 15) is 0 Å². The van der Waals surface area contributed by atoms with Crippen LogP contribution in [0.4, 0.5) is 0 Å². The summed E-state index contributed by atoms with van der Waals surface area (Å²) in [4.78, 5) is 2.53. The summed E-state index contributed by atoms with van der Waals surface area (Å²) in [7, 11) is 0. The van der Waals surface area contributed by atoms with Gasteiger partial charge in [0.1, 0.15) is 12.4 Å². The van der Waals surface area contributed by atoms with E-state index >= 15 is 0 Å². The molecule has 2 atom stereocenters. The second-order valence-electron chi connectivity index (χ2n) is 8.25. The number of rotatable bonds is 6. The topological polar surface area (TPSA) is 36.9 Å². The molecule has 0 radical (unpaired) electrons. The van der Waals surface area contributed by atoms with Gasteiger partial charge in [-0.05, 0) is 28.8 Å². The summed E-state index contributed by atoms with van der Waals surface area (Å²) in [6.45, 7) is 3.52. The first-order valence-electron chi connectivity index (χ1n) is 10.8. The largest absolute Gasteiger partial charge is 0.487 e. The number of fused-ring (bicyclic) bond motifs is 1. The molecule has 0 aromatic heterocycles. The molecule has 158 valence electrons. The van der Waals surface area contributed by atoms with Crippen molar-refractivity contribution < 1.29 is 4.74 Å². The van der Waals surface area contributed by atoms with Crippen LogP contribution in [0.1, 0.15) is 29.2 Å². The highest BCUT2D eigenvalue weighted by molar-refractivity contribution is 6.32. The van der Waals surface area contributed by atoms with Crippen LogP contribution in [0.5, 0.6) is 5.75 Å². The molecule has 1 saturated heterocycles. The average molecular weight is 432 g/mol. The molecule has 0 saturated carbocycles. The van der Waals surface area contributed by atoms with Crippen LogP contribution in [0.15, 0.2) is 84.0 Å². The number of ether oxygens (including phenoxy) is 1. The Morgan fingerprint density at radius 1 is 0.968 bits per heavy atom. The van der Waals surface area contributed by atoms with E-state index in [1.165, 1.54) is 11.3 Å². The fraction of sp³-hybridized carbons (Fsp3) is 0.269. The van der Waals surface area contributed by atoms with Crippen LogP contribution in [-0.4, -0.2) is 23.7 Å². The summed E-state index contributed by atoms with van der Waals surface area (Å²) in [6, 6.07) is 27.1. The Morgan fingerprint density at radius 3 is 2.45 bits per heavy atom. The van der Waals surface area contributed by atoms with Gasteiger partial charge in [-0.2, -0.15) is 5.10 Å². The van der Waals surface area contributed by atoms with Crippen molar-refractivity contribution in [1.82, 2.24) is 10.3 Å². The number of halogens is 1. The van der Waals surface area contributed by atoms with Crippen molar-refractivity contribution in [3.63, 3.8) is 0 Å². The van der Waals surface area contributed by atoms with E-state index in [2.05, 4.69) is 51.8 Å². The molecule has 1 fully saturated rings. The normalized spacial score (nSPS) is 20.6. The maximum Gasteiger partial charge on any atom is 0.138 e. The lowest BCUT2D eigenvalue weighted by Crippen LogP contribution is -2.41. The zero-order valence-corrected chi connectivity index (χ0v) is 18.1. The van der Waals surface area contributed by atoms with E-state index in [4.69, 9.17) is 16.3 Å². The predicted octanol–water partition coefficient (Wildman–Crippen LogP) is 5.44. The van der Waals surface area contributed by atoms with Gasteiger partial charge in [0, 0.05) is 37.7 Å². The summed E-state index contributed by atoms with van der Waals surface area (Å²) in [5.74, 6) is 1.08. The van der Waals surface area contributed by atoms with Crippen LogP contribution in [0.2, 0.25) is 5.02 Å². The highest BCUT2D eigenvalue weighted by Crippen LogP contribution is 2.36. The van der Waals surface area contributed by atoms with Gasteiger partial charge in [-0.15, -0.1) is 0 Å². The minimum atomic E-state index is 0.147. The molecule has 2 aliphatic heterocycles. The number of hydrazone groups is 1. The fourth-order valence-electron chi connectivity index (χ4n) is 4.47. The summed E-state index contributed by atoms with van der Waals surface area (Å²) >= 11 is 6.58. The second-order valence-corrected chi connectivity index (χ2v) is 8.66. The average Bonchev–Trinajstić information content (AvgIpc) is 3.23. The minimum absolute atomic E-state index is 0.147. The Morgan fingerprint density at radius 2 is 1.71 bits per heavy atom. The SMILES string of the molecule is Clc1cc(C2NN=C3CCN(Cc4ccccc4)CC32)ccc1OCc1ccccc1. The lowest BCUT2D eigenvalue weighted by Gasteiger charge is -2.33. The quantitative estimate of drug-likeness (QED) is 0.564. The molecular weight excluding hydrogens is 406 g/mol. The van der Waals surface area contributed by atoms with Crippen LogP contribution in [0, 0.1) is 5.92 Å². The van der Waals surface area contributed by atoms with Crippen molar-refractivity contribution in [2.45, 2.75) is 25.6 Å². The van der Waals surface area contributed by atoms with E-state index < -0.39 is 0 Å². The zero-order valence-electron chi connectivity index (χ0n) is 17.4. The Labute approximate surface area is 188 Å². The Balaban J connectivity index is 1.26. The molecule has 2 heterocycles. The molecule has 0 aliphatic carbocycles. The Kier molecular flexibility index (Phi) is 5.92. The molecule has 2 aliphatic rings. The molecule has 31 heavy (non-hydrogen) atoms. The number of likely N-dealkylation sites (tertiary alicyclic amines) is 1. The van der Waals surface area contributed by atoms with Crippen molar-refractivity contribution in [3.8, 4) is 5.75 Å². The molecule has 0 spiro atoms. The molecule has 4 nitrogen and oxygen atoms in total. The van der Waals surface area contributed by atoms with Crippen molar-refractivity contribution in [2.75, 3.05) is 13.1 Å². The van der Waals surface area contributed by atoms with E-state index in [1.807, 2.05) is 42.5 Å². The lowest BCUT2D eigenvalue weighted by atomic mass is 9.86. The van der Waals surface area contributed by atoms with Gasteiger partial charge < -0.3 is 10.2 Å². The maximum absolute atomic E-state index is 6.58. The third kappa shape index (κ3) is 4.60. The Bertz CT molecular complexity index is 1050. The monoisotopic (exact) mass is 431 g/mol. The van der Waals surface area contributed by atoms with Gasteiger partial charge in [0.05, 0.1) is 11.1 Å². The molecule has 5 rings (SSSR count). The summed E-state index contributed by atoms with van der Waals surface area (Å²) in [6.07, 6.45) is 1.01. The molecule has 0 amide bonds. The summed E-state index contributed by atoms with van der Waals surface area (Å²) in [5.41, 5.74) is 8.27. The van der Waals surface area contributed by atoms with Gasteiger partial charge in [-0.25, -0.2) is 0 Å². The molecule has 5 heteroatoms. The van der Waals surface area contributed by atoms with Gasteiger partial charge in [0.2, 0.25) is 0 Å². The lowest BCUT2D eigenvalue weighted by molar-refractivity contribution is 0.220. The first-order chi connectivity index (χ1) is 15.3. The third-order valence-electron chi connectivity index (χ3n) is 6.12. The number of hydrogen-bond acceptors (Lipinski definition) is 4. The number of benzene rings is 3. The molecule has 3 aromatic rings. The molecular formula is C26H26ClN3O. The van der Waals surface area contributed by atoms with Gasteiger partial charge in [-0.3, -0.25) is 4.90 Å². The molecule has 3 aromatic carbocycles. The molecule has 1 N–H and O–H groups in total. The summed E-state index contributed by atoms with van der Waals surface area (Å²) < 4.78 is 5.94. The standard InChI is InChI=1S/C26H26ClN3O/c27-23-15-21(11-12-25(23)31-18-20-9-5-2-6-10-20)26-22-17-30(14-13-24(22)28-29-26)16-19-7-3-1-4-8-19/h1-12,15,22,26,29H,13-14,16-18H2. The van der Waals surface area contributed by atoms with Gasteiger partial charge in [0.15, 0.2) is 0 Å². The molecule has 2 unspecified atom stereocenters. The third-order valence-corrected chi connectivity index (χ3v) is 6.41. The van der Waals surface area contributed by atoms with Crippen molar-refractivity contribution in [3.05, 3.63) is 101 Å². The van der Waals surface area contributed by atoms with Crippen molar-refractivity contribution >= 4 is 17.3 Å². The van der Waals surface area contributed by atoms with Crippen LogP contribution in [0.3, 0.4) is 0 Å². The summed E-state index contributed by atoms with van der Waals surface area (Å²) in [5, 5.41) is 5.29. The maximum atomic E-state index is 6.58. The number of nitrogens with one attached hydrogen (secondary N) is 1. The van der Waals surface area contributed by atoms with Gasteiger partial charge in [0.25, 0.3) is 0 Å².